The third-order valence-electron chi connectivity index (χ3n) is 5.98. The molecule has 0 aliphatic carbocycles. The molecule has 7 heteroatoms. The van der Waals surface area contributed by atoms with Crippen molar-refractivity contribution in [2.75, 3.05) is 34.0 Å². The van der Waals surface area contributed by atoms with Crippen molar-refractivity contribution in [3.05, 3.63) is 81.2 Å². The molecular weight excluding hydrogens is 422 g/mol. The standard InChI is InChI=1S/C26H27NO6/c1-6-10-32-19-8-7-17(14-21(19)31-5)23-22-24(28)18-12-15(2)16(3)13-20(18)33-25(22)26(29)27(23)9-11-30-4/h6-8,12-14,23H,1,9-11H2,2-5H3/t23-/m1/s1. The molecule has 1 aromatic heterocycles. The van der Waals surface area contributed by atoms with Crippen molar-refractivity contribution in [3.8, 4) is 11.5 Å². The van der Waals surface area contributed by atoms with Gasteiger partial charge in [-0.05, 0) is 54.8 Å². The minimum absolute atomic E-state index is 0.0720. The Morgan fingerprint density at radius 1 is 1.09 bits per heavy atom. The van der Waals surface area contributed by atoms with E-state index >= 15 is 0 Å². The van der Waals surface area contributed by atoms with Gasteiger partial charge in [-0.15, -0.1) is 0 Å². The Morgan fingerprint density at radius 2 is 1.85 bits per heavy atom. The number of amides is 1. The lowest BCUT2D eigenvalue weighted by molar-refractivity contribution is 0.0663. The van der Waals surface area contributed by atoms with Gasteiger partial charge in [0.2, 0.25) is 5.76 Å². The van der Waals surface area contributed by atoms with Crippen molar-refractivity contribution in [1.29, 1.82) is 0 Å². The molecule has 2 heterocycles. The van der Waals surface area contributed by atoms with E-state index in [1.54, 1.807) is 43.4 Å². The molecule has 172 valence electrons. The van der Waals surface area contributed by atoms with E-state index in [9.17, 15) is 9.59 Å². The monoisotopic (exact) mass is 449 g/mol. The van der Waals surface area contributed by atoms with Gasteiger partial charge in [-0.3, -0.25) is 9.59 Å². The third kappa shape index (κ3) is 3.89. The molecule has 0 N–H and O–H groups in total. The van der Waals surface area contributed by atoms with E-state index in [0.717, 1.165) is 16.7 Å². The second-order valence-electron chi connectivity index (χ2n) is 8.01. The average Bonchev–Trinajstić information content (AvgIpc) is 3.09. The first-order chi connectivity index (χ1) is 15.9. The van der Waals surface area contributed by atoms with Crippen LogP contribution in [0.15, 0.2) is 52.2 Å². The quantitative estimate of drug-likeness (QED) is 0.480. The number of hydrogen-bond acceptors (Lipinski definition) is 6. The smallest absolute Gasteiger partial charge is 0.290 e. The SMILES string of the molecule is C=CCOc1ccc([C@@H]2c3c(oc4cc(C)c(C)cc4c3=O)C(=O)N2CCOC)cc1OC. The van der Waals surface area contributed by atoms with Crippen molar-refractivity contribution >= 4 is 16.9 Å². The molecule has 33 heavy (non-hydrogen) atoms. The van der Waals surface area contributed by atoms with Crippen LogP contribution in [0.2, 0.25) is 0 Å². The van der Waals surface area contributed by atoms with Gasteiger partial charge in [0.25, 0.3) is 5.91 Å². The number of aryl methyl sites for hydroxylation is 2. The number of hydrogen-bond donors (Lipinski definition) is 0. The summed E-state index contributed by atoms with van der Waals surface area (Å²) in [5.41, 5.74) is 3.22. The number of fused-ring (bicyclic) bond motifs is 2. The molecule has 1 aliphatic heterocycles. The topological polar surface area (TPSA) is 78.2 Å². The predicted molar refractivity (Wildman–Crippen MR) is 125 cm³/mol. The fourth-order valence-corrected chi connectivity index (χ4v) is 4.16. The Balaban J connectivity index is 1.92. The molecule has 0 unspecified atom stereocenters. The maximum Gasteiger partial charge on any atom is 0.290 e. The molecule has 0 fully saturated rings. The molecule has 1 atom stereocenters. The Bertz CT molecular complexity index is 1290. The highest BCUT2D eigenvalue weighted by Crippen LogP contribution is 2.41. The molecule has 3 aromatic rings. The Labute approximate surface area is 192 Å². The highest BCUT2D eigenvalue weighted by molar-refractivity contribution is 5.99. The zero-order valence-corrected chi connectivity index (χ0v) is 19.3. The van der Waals surface area contributed by atoms with Gasteiger partial charge in [0, 0.05) is 13.7 Å². The van der Waals surface area contributed by atoms with E-state index in [1.807, 2.05) is 26.0 Å². The molecule has 0 spiro atoms. The van der Waals surface area contributed by atoms with Crippen LogP contribution in [0.1, 0.15) is 38.9 Å². The third-order valence-corrected chi connectivity index (χ3v) is 5.98. The molecule has 0 bridgehead atoms. The molecule has 1 aliphatic rings. The number of methoxy groups -OCH3 is 2. The van der Waals surface area contributed by atoms with Crippen molar-refractivity contribution in [1.82, 2.24) is 4.90 Å². The van der Waals surface area contributed by atoms with Crippen LogP contribution in [0.4, 0.5) is 0 Å². The van der Waals surface area contributed by atoms with Gasteiger partial charge < -0.3 is 23.5 Å². The number of nitrogens with zero attached hydrogens (tertiary/aromatic N) is 1. The second-order valence-corrected chi connectivity index (χ2v) is 8.01. The predicted octanol–water partition coefficient (Wildman–Crippen LogP) is 4.17. The number of carbonyl (C=O) groups excluding carboxylic acids is 1. The summed E-state index contributed by atoms with van der Waals surface area (Å²) in [5, 5.41) is 0.459. The molecule has 7 nitrogen and oxygen atoms in total. The van der Waals surface area contributed by atoms with Crippen molar-refractivity contribution < 1.29 is 23.4 Å². The maximum absolute atomic E-state index is 13.7. The molecule has 0 saturated carbocycles. The number of ether oxygens (including phenoxy) is 3. The summed E-state index contributed by atoms with van der Waals surface area (Å²) in [7, 11) is 3.12. The fourth-order valence-electron chi connectivity index (χ4n) is 4.16. The van der Waals surface area contributed by atoms with Crippen LogP contribution < -0.4 is 14.9 Å². The minimum Gasteiger partial charge on any atom is -0.493 e. The highest BCUT2D eigenvalue weighted by atomic mass is 16.5. The van der Waals surface area contributed by atoms with E-state index in [4.69, 9.17) is 18.6 Å². The van der Waals surface area contributed by atoms with E-state index in [-0.39, 0.29) is 17.1 Å². The molecule has 4 rings (SSSR count). The molecule has 1 amide bonds. The normalized spacial score (nSPS) is 15.1. The number of carbonyl (C=O) groups is 1. The Morgan fingerprint density at radius 3 is 2.55 bits per heavy atom. The lowest BCUT2D eigenvalue weighted by atomic mass is 9.97. The first-order valence-electron chi connectivity index (χ1n) is 10.7. The molecule has 0 radical (unpaired) electrons. The van der Waals surface area contributed by atoms with E-state index in [2.05, 4.69) is 6.58 Å². The highest BCUT2D eigenvalue weighted by Gasteiger charge is 2.42. The molecule has 2 aromatic carbocycles. The van der Waals surface area contributed by atoms with Crippen LogP contribution in [-0.2, 0) is 4.74 Å². The van der Waals surface area contributed by atoms with Gasteiger partial charge in [0.1, 0.15) is 12.2 Å². The summed E-state index contributed by atoms with van der Waals surface area (Å²) in [6, 6.07) is 8.38. The van der Waals surface area contributed by atoms with Gasteiger partial charge >= 0.3 is 0 Å². The van der Waals surface area contributed by atoms with Crippen LogP contribution >= 0.6 is 0 Å². The maximum atomic E-state index is 13.7. The first-order valence-corrected chi connectivity index (χ1v) is 10.7. The van der Waals surface area contributed by atoms with Gasteiger partial charge in [-0.2, -0.15) is 0 Å². The summed E-state index contributed by atoms with van der Waals surface area (Å²) < 4.78 is 22.4. The fraction of sp³-hybridized carbons (Fsp3) is 0.308. The number of rotatable bonds is 8. The van der Waals surface area contributed by atoms with Crippen LogP contribution in [-0.4, -0.2) is 44.8 Å². The van der Waals surface area contributed by atoms with Gasteiger partial charge in [0.15, 0.2) is 16.9 Å². The van der Waals surface area contributed by atoms with Crippen LogP contribution in [0.25, 0.3) is 11.0 Å². The van der Waals surface area contributed by atoms with E-state index < -0.39 is 6.04 Å². The Kier molecular flexibility index (Phi) is 6.24. The van der Waals surface area contributed by atoms with Crippen molar-refractivity contribution in [2.24, 2.45) is 0 Å². The van der Waals surface area contributed by atoms with E-state index in [1.165, 1.54) is 0 Å². The zero-order chi connectivity index (χ0) is 23.7. The minimum atomic E-state index is -0.632. The zero-order valence-electron chi connectivity index (χ0n) is 19.3. The Hall–Kier alpha value is -3.58. The summed E-state index contributed by atoms with van der Waals surface area (Å²) in [6.07, 6.45) is 1.64. The lowest BCUT2D eigenvalue weighted by Gasteiger charge is -2.25. The van der Waals surface area contributed by atoms with Gasteiger partial charge in [-0.1, -0.05) is 18.7 Å². The van der Waals surface area contributed by atoms with Crippen LogP contribution in [0.3, 0.4) is 0 Å². The van der Waals surface area contributed by atoms with Crippen molar-refractivity contribution in [3.63, 3.8) is 0 Å². The summed E-state index contributed by atoms with van der Waals surface area (Å²) >= 11 is 0. The number of benzene rings is 2. The van der Waals surface area contributed by atoms with Crippen LogP contribution in [0, 0.1) is 13.8 Å². The van der Waals surface area contributed by atoms with Crippen molar-refractivity contribution in [2.45, 2.75) is 19.9 Å². The van der Waals surface area contributed by atoms with Crippen LogP contribution in [0.5, 0.6) is 11.5 Å². The largest absolute Gasteiger partial charge is 0.493 e. The summed E-state index contributed by atoms with van der Waals surface area (Å²) in [6.45, 7) is 8.50. The summed E-state index contributed by atoms with van der Waals surface area (Å²) in [5.74, 6) is 0.780. The molecular formula is C26H27NO6. The first kappa shape index (κ1) is 22.6. The van der Waals surface area contributed by atoms with Gasteiger partial charge in [-0.25, -0.2) is 0 Å². The average molecular weight is 450 g/mol. The molecule has 0 saturated heterocycles. The summed E-state index contributed by atoms with van der Waals surface area (Å²) in [4.78, 5) is 28.6. The van der Waals surface area contributed by atoms with E-state index in [0.29, 0.717) is 47.8 Å². The lowest BCUT2D eigenvalue weighted by Crippen LogP contribution is -2.32. The second kappa shape index (κ2) is 9.11. The van der Waals surface area contributed by atoms with Gasteiger partial charge in [0.05, 0.1) is 30.7 Å².